The van der Waals surface area contributed by atoms with E-state index in [2.05, 4.69) is 0 Å². The second-order valence-corrected chi connectivity index (χ2v) is 8.83. The van der Waals surface area contributed by atoms with E-state index in [0.717, 1.165) is 12.1 Å². The maximum absolute atomic E-state index is 14.2. The predicted octanol–water partition coefficient (Wildman–Crippen LogP) is 4.23. The van der Waals surface area contributed by atoms with E-state index in [1.165, 1.54) is 12.1 Å². The van der Waals surface area contributed by atoms with Crippen LogP contribution in [0.3, 0.4) is 0 Å². The molecule has 0 bridgehead atoms. The Bertz CT molecular complexity index is 1190. The standard InChI is InChI=1S/C24H25F2NO5/c1-24(2,12-28)22-20(13-8-9-32-19(10-13)23(30)31)21-17(4-3-5-18(21)29)27(22)14-6-7-15(25)16(26)11-14/h3-7,11,13,19,28-29H,8-10,12H2,1-2H3,(H,30,31). The van der Waals surface area contributed by atoms with Crippen molar-refractivity contribution in [3.05, 3.63) is 59.3 Å². The molecular weight excluding hydrogens is 420 g/mol. The number of aliphatic hydroxyl groups excluding tert-OH is 1. The number of carboxylic acids is 1. The zero-order valence-electron chi connectivity index (χ0n) is 17.8. The van der Waals surface area contributed by atoms with Crippen molar-refractivity contribution in [1.82, 2.24) is 4.57 Å². The van der Waals surface area contributed by atoms with Gasteiger partial charge in [-0.3, -0.25) is 0 Å². The Labute approximate surface area is 183 Å². The van der Waals surface area contributed by atoms with Gasteiger partial charge >= 0.3 is 5.97 Å². The number of aliphatic carboxylic acids is 1. The molecule has 1 fully saturated rings. The predicted molar refractivity (Wildman–Crippen MR) is 114 cm³/mol. The van der Waals surface area contributed by atoms with Gasteiger partial charge in [-0.15, -0.1) is 0 Å². The molecule has 0 amide bonds. The minimum Gasteiger partial charge on any atom is -0.507 e. The molecule has 3 N–H and O–H groups in total. The van der Waals surface area contributed by atoms with Gasteiger partial charge in [-0.1, -0.05) is 19.9 Å². The van der Waals surface area contributed by atoms with Crippen molar-refractivity contribution in [3.63, 3.8) is 0 Å². The van der Waals surface area contributed by atoms with Gasteiger partial charge in [0.2, 0.25) is 0 Å². The van der Waals surface area contributed by atoms with Crippen molar-refractivity contribution in [1.29, 1.82) is 0 Å². The normalized spacial score (nSPS) is 19.4. The molecule has 4 rings (SSSR count). The van der Waals surface area contributed by atoms with Gasteiger partial charge in [-0.2, -0.15) is 0 Å². The first-order valence-corrected chi connectivity index (χ1v) is 10.4. The fraction of sp³-hybridized carbons (Fsp3) is 0.375. The molecule has 1 saturated heterocycles. The monoisotopic (exact) mass is 445 g/mol. The van der Waals surface area contributed by atoms with E-state index >= 15 is 0 Å². The highest BCUT2D eigenvalue weighted by Crippen LogP contribution is 2.47. The highest BCUT2D eigenvalue weighted by molar-refractivity contribution is 5.93. The average molecular weight is 445 g/mol. The lowest BCUT2D eigenvalue weighted by atomic mass is 9.79. The summed E-state index contributed by atoms with van der Waals surface area (Å²) in [6.07, 6.45) is -0.287. The third-order valence-electron chi connectivity index (χ3n) is 6.17. The fourth-order valence-electron chi connectivity index (χ4n) is 4.61. The quantitative estimate of drug-likeness (QED) is 0.547. The van der Waals surface area contributed by atoms with Crippen LogP contribution >= 0.6 is 0 Å². The summed E-state index contributed by atoms with van der Waals surface area (Å²) in [5.74, 6) is -3.35. The molecule has 170 valence electrons. The molecule has 2 unspecified atom stereocenters. The Morgan fingerprint density at radius 2 is 1.97 bits per heavy atom. The van der Waals surface area contributed by atoms with E-state index < -0.39 is 29.1 Å². The lowest BCUT2D eigenvalue weighted by molar-refractivity contribution is -0.153. The number of phenols is 1. The molecule has 2 heterocycles. The largest absolute Gasteiger partial charge is 0.507 e. The van der Waals surface area contributed by atoms with E-state index in [-0.39, 0.29) is 31.3 Å². The third-order valence-corrected chi connectivity index (χ3v) is 6.17. The number of ether oxygens (including phenoxy) is 1. The summed E-state index contributed by atoms with van der Waals surface area (Å²) in [7, 11) is 0. The Morgan fingerprint density at radius 1 is 1.22 bits per heavy atom. The summed E-state index contributed by atoms with van der Waals surface area (Å²) in [4.78, 5) is 11.6. The van der Waals surface area contributed by atoms with Crippen molar-refractivity contribution in [3.8, 4) is 11.4 Å². The number of aromatic hydroxyl groups is 1. The topological polar surface area (TPSA) is 91.9 Å². The van der Waals surface area contributed by atoms with Crippen molar-refractivity contribution >= 4 is 16.9 Å². The molecule has 3 aromatic rings. The number of aliphatic hydroxyl groups is 1. The molecule has 6 nitrogen and oxygen atoms in total. The molecule has 8 heteroatoms. The van der Waals surface area contributed by atoms with Crippen LogP contribution in [0.4, 0.5) is 8.78 Å². The van der Waals surface area contributed by atoms with Gasteiger partial charge in [0.25, 0.3) is 0 Å². The molecule has 1 aliphatic rings. The first kappa shape index (κ1) is 22.2. The Morgan fingerprint density at radius 3 is 2.62 bits per heavy atom. The number of fused-ring (bicyclic) bond motifs is 1. The molecule has 32 heavy (non-hydrogen) atoms. The number of hydrogen-bond acceptors (Lipinski definition) is 4. The van der Waals surface area contributed by atoms with Gasteiger partial charge in [-0.25, -0.2) is 13.6 Å². The number of carbonyl (C=O) groups is 1. The minimum atomic E-state index is -1.06. The summed E-state index contributed by atoms with van der Waals surface area (Å²) in [5, 5.41) is 31.1. The van der Waals surface area contributed by atoms with Crippen LogP contribution in [0.25, 0.3) is 16.6 Å². The van der Waals surface area contributed by atoms with Crippen LogP contribution in [-0.2, 0) is 14.9 Å². The van der Waals surface area contributed by atoms with E-state index in [9.17, 15) is 28.9 Å². The number of aromatic nitrogens is 1. The second kappa shape index (κ2) is 8.18. The van der Waals surface area contributed by atoms with Gasteiger partial charge < -0.3 is 24.6 Å². The van der Waals surface area contributed by atoms with Crippen LogP contribution in [0.5, 0.6) is 5.75 Å². The van der Waals surface area contributed by atoms with Crippen LogP contribution in [-0.4, -0.2) is 45.2 Å². The molecule has 1 aromatic heterocycles. The zero-order chi connectivity index (χ0) is 23.2. The van der Waals surface area contributed by atoms with E-state index in [0.29, 0.717) is 34.3 Å². The van der Waals surface area contributed by atoms with Crippen molar-refractivity contribution < 1.29 is 33.6 Å². The smallest absolute Gasteiger partial charge is 0.332 e. The maximum atomic E-state index is 14.2. The zero-order valence-corrected chi connectivity index (χ0v) is 17.8. The number of rotatable bonds is 5. The third kappa shape index (κ3) is 3.63. The highest BCUT2D eigenvalue weighted by Gasteiger charge is 2.38. The van der Waals surface area contributed by atoms with Crippen molar-refractivity contribution in [2.45, 2.75) is 44.1 Å². The lowest BCUT2D eigenvalue weighted by Gasteiger charge is -2.32. The summed E-state index contributed by atoms with van der Waals surface area (Å²) < 4.78 is 35.0. The molecule has 0 radical (unpaired) electrons. The van der Waals surface area contributed by atoms with E-state index in [1.54, 1.807) is 16.7 Å². The average Bonchev–Trinajstić information content (AvgIpc) is 3.13. The molecule has 2 atom stereocenters. The van der Waals surface area contributed by atoms with Crippen molar-refractivity contribution in [2.24, 2.45) is 0 Å². The number of benzene rings is 2. The first-order chi connectivity index (χ1) is 15.2. The number of nitrogens with zero attached hydrogens (tertiary/aromatic N) is 1. The van der Waals surface area contributed by atoms with E-state index in [1.807, 2.05) is 13.8 Å². The number of hydrogen-bond donors (Lipinski definition) is 3. The summed E-state index contributed by atoms with van der Waals surface area (Å²) in [6.45, 7) is 3.59. The van der Waals surface area contributed by atoms with Crippen LogP contribution < -0.4 is 0 Å². The molecule has 0 spiro atoms. The van der Waals surface area contributed by atoms with Gasteiger partial charge in [0.05, 0.1) is 12.1 Å². The first-order valence-electron chi connectivity index (χ1n) is 10.4. The Hall–Kier alpha value is -2.97. The summed E-state index contributed by atoms with van der Waals surface area (Å²) in [5.41, 5.74) is 1.35. The Balaban J connectivity index is 2.08. The number of phenolic OH excluding ortho intramolecular Hbond substituents is 1. The van der Waals surface area contributed by atoms with Gasteiger partial charge in [0.15, 0.2) is 17.7 Å². The second-order valence-electron chi connectivity index (χ2n) is 8.83. The number of carboxylic acid groups (broad SMARTS) is 1. The van der Waals surface area contributed by atoms with Crippen LogP contribution in [0.1, 0.15) is 43.9 Å². The van der Waals surface area contributed by atoms with Gasteiger partial charge in [0.1, 0.15) is 5.75 Å². The van der Waals surface area contributed by atoms with Crippen LogP contribution in [0.15, 0.2) is 36.4 Å². The summed E-state index contributed by atoms with van der Waals surface area (Å²) in [6, 6.07) is 8.48. The molecule has 0 aliphatic carbocycles. The van der Waals surface area contributed by atoms with E-state index in [4.69, 9.17) is 4.74 Å². The molecule has 1 aliphatic heterocycles. The Kier molecular flexibility index (Phi) is 5.68. The SMILES string of the molecule is CC(C)(CO)c1c(C2CCOC(C(=O)O)C2)c2c(O)cccc2n1-c1ccc(F)c(F)c1. The maximum Gasteiger partial charge on any atom is 0.332 e. The minimum absolute atomic E-state index is 0.00723. The number of halogens is 2. The molecular formula is C24H25F2NO5. The lowest BCUT2D eigenvalue weighted by Crippen LogP contribution is -2.33. The fourth-order valence-corrected chi connectivity index (χ4v) is 4.61. The van der Waals surface area contributed by atoms with Crippen molar-refractivity contribution in [2.75, 3.05) is 13.2 Å². The molecule has 2 aromatic carbocycles. The van der Waals surface area contributed by atoms with Gasteiger partial charge in [0, 0.05) is 34.9 Å². The highest BCUT2D eigenvalue weighted by atomic mass is 19.2. The van der Waals surface area contributed by atoms with Gasteiger partial charge in [-0.05, 0) is 48.6 Å². The summed E-state index contributed by atoms with van der Waals surface area (Å²) >= 11 is 0. The molecule has 0 saturated carbocycles. The van der Waals surface area contributed by atoms with Crippen LogP contribution in [0, 0.1) is 11.6 Å². The van der Waals surface area contributed by atoms with Crippen LogP contribution in [0.2, 0.25) is 0 Å².